The molecule has 2 aliphatic carbocycles. The van der Waals surface area contributed by atoms with Gasteiger partial charge in [-0.05, 0) is 43.9 Å². The minimum Gasteiger partial charge on any atom is -0.481 e. The lowest BCUT2D eigenvalue weighted by Gasteiger charge is -2.28. The molecule has 4 atom stereocenters. The highest BCUT2D eigenvalue weighted by Crippen LogP contribution is 2.48. The molecule has 1 amide bonds. The summed E-state index contributed by atoms with van der Waals surface area (Å²) in [5.41, 5.74) is 0. The normalized spacial score (nSPS) is 31.9. The summed E-state index contributed by atoms with van der Waals surface area (Å²) < 4.78 is 0. The van der Waals surface area contributed by atoms with Gasteiger partial charge in [0, 0.05) is 18.9 Å². The molecule has 4 nitrogen and oxygen atoms in total. The summed E-state index contributed by atoms with van der Waals surface area (Å²) in [6.07, 6.45) is 10.9. The number of hydrogen-bond acceptors (Lipinski definition) is 2. The van der Waals surface area contributed by atoms with Crippen LogP contribution in [0, 0.1) is 30.1 Å². The number of nitrogens with one attached hydrogen (secondary N) is 1. The number of hydrogen-bond donors (Lipinski definition) is 2. The molecule has 2 aliphatic rings. The maximum atomic E-state index is 11.9. The molecule has 0 radical (unpaired) electrons. The molecule has 0 aromatic carbocycles. The van der Waals surface area contributed by atoms with Crippen LogP contribution in [-0.4, -0.2) is 23.0 Å². The van der Waals surface area contributed by atoms with Crippen molar-refractivity contribution < 1.29 is 14.7 Å². The molecular formula is C15H21NO3. The van der Waals surface area contributed by atoms with E-state index in [1.54, 1.807) is 0 Å². The fraction of sp³-hybridized carbons (Fsp3) is 0.733. The molecule has 2 bridgehead atoms. The van der Waals surface area contributed by atoms with Crippen LogP contribution in [0.2, 0.25) is 0 Å². The first-order chi connectivity index (χ1) is 9.13. The topological polar surface area (TPSA) is 66.4 Å². The van der Waals surface area contributed by atoms with E-state index in [1.165, 1.54) is 0 Å². The van der Waals surface area contributed by atoms with E-state index in [4.69, 9.17) is 6.42 Å². The van der Waals surface area contributed by atoms with Crippen molar-refractivity contribution in [1.29, 1.82) is 0 Å². The second kappa shape index (κ2) is 6.10. The van der Waals surface area contributed by atoms with Crippen molar-refractivity contribution in [1.82, 2.24) is 5.32 Å². The average molecular weight is 263 g/mol. The Morgan fingerprint density at radius 3 is 2.68 bits per heavy atom. The van der Waals surface area contributed by atoms with Crippen LogP contribution in [-0.2, 0) is 9.59 Å². The van der Waals surface area contributed by atoms with Gasteiger partial charge in [-0.25, -0.2) is 0 Å². The molecule has 4 heteroatoms. The molecule has 104 valence electrons. The van der Waals surface area contributed by atoms with Gasteiger partial charge in [-0.15, -0.1) is 12.3 Å². The summed E-state index contributed by atoms with van der Waals surface area (Å²) in [4.78, 5) is 23.2. The average Bonchev–Trinajstić information content (AvgIpc) is 2.95. The van der Waals surface area contributed by atoms with Crippen molar-refractivity contribution in [3.63, 3.8) is 0 Å². The first-order valence-corrected chi connectivity index (χ1v) is 7.09. The lowest BCUT2D eigenvalue weighted by molar-refractivity contribution is -0.144. The predicted octanol–water partition coefficient (Wildman–Crippen LogP) is 1.80. The van der Waals surface area contributed by atoms with Crippen molar-refractivity contribution in [2.75, 3.05) is 0 Å². The molecule has 2 fully saturated rings. The summed E-state index contributed by atoms with van der Waals surface area (Å²) >= 11 is 0. The third-order valence-electron chi connectivity index (χ3n) is 4.50. The van der Waals surface area contributed by atoms with Gasteiger partial charge < -0.3 is 10.4 Å². The van der Waals surface area contributed by atoms with Crippen LogP contribution in [0.5, 0.6) is 0 Å². The van der Waals surface area contributed by atoms with E-state index in [0.717, 1.165) is 32.1 Å². The van der Waals surface area contributed by atoms with E-state index < -0.39 is 5.97 Å². The third kappa shape index (κ3) is 3.09. The van der Waals surface area contributed by atoms with Gasteiger partial charge in [0.1, 0.15) is 0 Å². The minimum atomic E-state index is -0.759. The Morgan fingerprint density at radius 2 is 2.00 bits per heavy atom. The van der Waals surface area contributed by atoms with Crippen LogP contribution < -0.4 is 5.32 Å². The highest BCUT2D eigenvalue weighted by atomic mass is 16.4. The number of carbonyl (C=O) groups is 2. The van der Waals surface area contributed by atoms with Gasteiger partial charge in [0.25, 0.3) is 0 Å². The molecule has 19 heavy (non-hydrogen) atoms. The summed E-state index contributed by atoms with van der Waals surface area (Å²) in [6.45, 7) is 0. The van der Waals surface area contributed by atoms with E-state index >= 15 is 0 Å². The molecule has 2 saturated carbocycles. The molecule has 0 spiro atoms. The van der Waals surface area contributed by atoms with Crippen molar-refractivity contribution >= 4 is 11.9 Å². The van der Waals surface area contributed by atoms with Crippen LogP contribution in [0.3, 0.4) is 0 Å². The number of carboxylic acids is 1. The molecule has 4 unspecified atom stereocenters. The second-order valence-corrected chi connectivity index (χ2v) is 5.70. The minimum absolute atomic E-state index is 0.0270. The number of aliphatic carboxylic acids is 1. The quantitative estimate of drug-likeness (QED) is 0.567. The van der Waals surface area contributed by atoms with Crippen molar-refractivity contribution in [3.8, 4) is 12.3 Å². The molecule has 0 aromatic rings. The fourth-order valence-electron chi connectivity index (χ4n) is 3.63. The van der Waals surface area contributed by atoms with Crippen LogP contribution in [0.15, 0.2) is 0 Å². The molecule has 0 aromatic heterocycles. The maximum absolute atomic E-state index is 11.9. The highest BCUT2D eigenvalue weighted by molar-refractivity contribution is 5.78. The summed E-state index contributed by atoms with van der Waals surface area (Å²) in [6, 6.07) is -0.156. The summed E-state index contributed by atoms with van der Waals surface area (Å²) in [7, 11) is 0. The first-order valence-electron chi connectivity index (χ1n) is 7.09. The Bertz CT molecular complexity index is 399. The van der Waals surface area contributed by atoms with E-state index in [9.17, 15) is 14.7 Å². The maximum Gasteiger partial charge on any atom is 0.308 e. The predicted molar refractivity (Wildman–Crippen MR) is 71.2 cm³/mol. The van der Waals surface area contributed by atoms with Gasteiger partial charge in [0.2, 0.25) is 5.91 Å². The number of carboxylic acid groups (broad SMARTS) is 1. The highest BCUT2D eigenvalue weighted by Gasteiger charge is 2.51. The summed E-state index contributed by atoms with van der Waals surface area (Å²) in [5, 5.41) is 12.2. The van der Waals surface area contributed by atoms with Crippen LogP contribution in [0.1, 0.15) is 44.9 Å². The third-order valence-corrected chi connectivity index (χ3v) is 4.50. The number of fused-ring (bicyclic) bond motifs is 2. The van der Waals surface area contributed by atoms with Gasteiger partial charge in [-0.2, -0.15) is 0 Å². The number of unbranched alkanes of at least 4 members (excludes halogenated alkanes) is 2. The number of rotatable bonds is 6. The fourth-order valence-corrected chi connectivity index (χ4v) is 3.63. The Kier molecular flexibility index (Phi) is 4.47. The molecule has 0 heterocycles. The van der Waals surface area contributed by atoms with Crippen molar-refractivity contribution in [2.24, 2.45) is 17.8 Å². The smallest absolute Gasteiger partial charge is 0.308 e. The molecule has 0 saturated heterocycles. The van der Waals surface area contributed by atoms with E-state index in [1.807, 2.05) is 0 Å². The van der Waals surface area contributed by atoms with Gasteiger partial charge in [0.15, 0.2) is 0 Å². The first kappa shape index (κ1) is 13.9. The van der Waals surface area contributed by atoms with Crippen LogP contribution in [0.4, 0.5) is 0 Å². The zero-order chi connectivity index (χ0) is 13.8. The Balaban J connectivity index is 1.82. The van der Waals surface area contributed by atoms with E-state index in [-0.39, 0.29) is 23.8 Å². The van der Waals surface area contributed by atoms with Crippen molar-refractivity contribution in [2.45, 2.75) is 51.0 Å². The summed E-state index contributed by atoms with van der Waals surface area (Å²) in [5.74, 6) is 2.00. The standard InChI is InChI=1S/C15H21NO3/c1-2-3-4-5-6-12(17)16-14-11-8-7-10(9-11)13(14)15(18)19/h1,10-11,13-14H,3-9H2,(H,16,17)(H,18,19). The zero-order valence-electron chi connectivity index (χ0n) is 11.1. The largest absolute Gasteiger partial charge is 0.481 e. The zero-order valence-corrected chi connectivity index (χ0v) is 11.1. The van der Waals surface area contributed by atoms with Gasteiger partial charge in [-0.1, -0.05) is 0 Å². The molecular weight excluding hydrogens is 242 g/mol. The Labute approximate surface area is 114 Å². The molecule has 2 N–H and O–H groups in total. The lowest BCUT2D eigenvalue weighted by atomic mass is 9.84. The second-order valence-electron chi connectivity index (χ2n) is 5.70. The number of terminal acetylenes is 1. The number of amides is 1. The van der Waals surface area contributed by atoms with Gasteiger partial charge >= 0.3 is 5.97 Å². The Hall–Kier alpha value is -1.50. The van der Waals surface area contributed by atoms with E-state index in [0.29, 0.717) is 18.8 Å². The van der Waals surface area contributed by atoms with Crippen molar-refractivity contribution in [3.05, 3.63) is 0 Å². The molecule has 2 rings (SSSR count). The lowest BCUT2D eigenvalue weighted by Crippen LogP contribution is -2.46. The van der Waals surface area contributed by atoms with E-state index in [2.05, 4.69) is 11.2 Å². The monoisotopic (exact) mass is 263 g/mol. The van der Waals surface area contributed by atoms with Crippen LogP contribution >= 0.6 is 0 Å². The SMILES string of the molecule is C#CCCCCC(=O)NC1C2CCC(C2)C1C(=O)O. The number of carbonyl (C=O) groups excluding carboxylic acids is 1. The van der Waals surface area contributed by atoms with Gasteiger partial charge in [-0.3, -0.25) is 9.59 Å². The van der Waals surface area contributed by atoms with Gasteiger partial charge in [0.05, 0.1) is 5.92 Å². The Morgan fingerprint density at radius 1 is 1.26 bits per heavy atom. The van der Waals surface area contributed by atoms with Crippen LogP contribution in [0.25, 0.3) is 0 Å². The molecule has 0 aliphatic heterocycles.